The Bertz CT molecular complexity index is 653. The highest BCUT2D eigenvalue weighted by Gasteiger charge is 2.19. The smallest absolute Gasteiger partial charge is 0.237 e. The number of nitrogens with zero attached hydrogens (tertiary/aromatic N) is 2. The molecule has 0 aliphatic carbocycles. The third-order valence-corrected chi connectivity index (χ3v) is 4.17. The number of nitrogens with one attached hydrogen (secondary N) is 1. The lowest BCUT2D eigenvalue weighted by Gasteiger charge is -2.17. The lowest BCUT2D eigenvalue weighted by atomic mass is 9.99. The molecule has 0 fully saturated rings. The van der Waals surface area contributed by atoms with E-state index in [0.29, 0.717) is 6.54 Å². The Hall–Kier alpha value is -1.59. The van der Waals surface area contributed by atoms with Gasteiger partial charge in [0, 0.05) is 7.05 Å². The van der Waals surface area contributed by atoms with Gasteiger partial charge in [0.25, 0.3) is 0 Å². The second-order valence-corrected chi connectivity index (χ2v) is 5.66. The number of aryl methyl sites for hydroxylation is 2. The van der Waals surface area contributed by atoms with E-state index in [1.54, 1.807) is 0 Å². The van der Waals surface area contributed by atoms with Gasteiger partial charge in [0.15, 0.2) is 0 Å². The molecule has 2 atom stereocenters. The maximum atomic E-state index is 12.0. The summed E-state index contributed by atoms with van der Waals surface area (Å²) in [5.41, 5.74) is 9.17. The van der Waals surface area contributed by atoms with Crippen LogP contribution in [0.15, 0.2) is 18.2 Å². The van der Waals surface area contributed by atoms with Crippen LogP contribution in [0.4, 0.5) is 0 Å². The summed E-state index contributed by atoms with van der Waals surface area (Å²) in [7, 11) is 1.97. The first-order valence-electron chi connectivity index (χ1n) is 7.39. The number of imidazole rings is 1. The number of amides is 1. The standard InChI is InChI=1S/C16H24N4O.ClH/c1-5-10(2)14(17)16(21)18-9-13-19-12-8-6-7-11(3)15(12)20(13)4;/h6-8,10,14H,5,9,17H2,1-4H3,(H,18,21);1H. The largest absolute Gasteiger partial charge is 0.348 e. The summed E-state index contributed by atoms with van der Waals surface area (Å²) in [6, 6.07) is 5.57. The van der Waals surface area contributed by atoms with Crippen LogP contribution in [-0.4, -0.2) is 21.5 Å². The average molecular weight is 325 g/mol. The number of aromatic nitrogens is 2. The van der Waals surface area contributed by atoms with Gasteiger partial charge in [0.2, 0.25) is 5.91 Å². The molecular weight excluding hydrogens is 300 g/mol. The number of hydrogen-bond donors (Lipinski definition) is 2. The molecule has 1 heterocycles. The SMILES string of the molecule is CCC(C)C(N)C(=O)NCc1nc2cccc(C)c2n1C.Cl. The molecule has 0 aliphatic rings. The lowest BCUT2D eigenvalue weighted by molar-refractivity contribution is -0.123. The lowest BCUT2D eigenvalue weighted by Crippen LogP contribution is -2.44. The zero-order chi connectivity index (χ0) is 15.6. The molecule has 0 radical (unpaired) electrons. The second kappa shape index (κ2) is 7.61. The first-order valence-corrected chi connectivity index (χ1v) is 7.39. The molecule has 2 rings (SSSR count). The van der Waals surface area contributed by atoms with E-state index >= 15 is 0 Å². The zero-order valence-electron chi connectivity index (χ0n) is 13.6. The number of nitrogens with two attached hydrogens (primary N) is 1. The third-order valence-electron chi connectivity index (χ3n) is 4.17. The summed E-state index contributed by atoms with van der Waals surface area (Å²) in [4.78, 5) is 16.6. The molecule has 2 aromatic rings. The Balaban J connectivity index is 0.00000242. The van der Waals surface area contributed by atoms with Gasteiger partial charge >= 0.3 is 0 Å². The number of benzene rings is 1. The fourth-order valence-electron chi connectivity index (χ4n) is 2.47. The highest BCUT2D eigenvalue weighted by Crippen LogP contribution is 2.18. The van der Waals surface area contributed by atoms with Crippen molar-refractivity contribution in [3.8, 4) is 0 Å². The molecule has 0 saturated carbocycles. The van der Waals surface area contributed by atoms with Crippen molar-refractivity contribution in [2.24, 2.45) is 18.7 Å². The third kappa shape index (κ3) is 3.59. The van der Waals surface area contributed by atoms with Crippen molar-refractivity contribution >= 4 is 29.3 Å². The number of rotatable bonds is 5. The van der Waals surface area contributed by atoms with E-state index in [0.717, 1.165) is 23.3 Å². The molecule has 0 saturated heterocycles. The highest BCUT2D eigenvalue weighted by atomic mass is 35.5. The molecule has 0 aliphatic heterocycles. The van der Waals surface area contributed by atoms with E-state index in [9.17, 15) is 4.79 Å². The second-order valence-electron chi connectivity index (χ2n) is 5.66. The van der Waals surface area contributed by atoms with Crippen molar-refractivity contribution in [3.05, 3.63) is 29.6 Å². The van der Waals surface area contributed by atoms with E-state index in [1.807, 2.05) is 37.6 Å². The predicted molar refractivity (Wildman–Crippen MR) is 92.0 cm³/mol. The van der Waals surface area contributed by atoms with Crippen LogP contribution in [-0.2, 0) is 18.4 Å². The highest BCUT2D eigenvalue weighted by molar-refractivity contribution is 5.85. The van der Waals surface area contributed by atoms with Gasteiger partial charge in [0.05, 0.1) is 23.6 Å². The fourth-order valence-corrected chi connectivity index (χ4v) is 2.47. The molecule has 3 N–H and O–H groups in total. The van der Waals surface area contributed by atoms with Gasteiger partial charge in [0.1, 0.15) is 5.82 Å². The van der Waals surface area contributed by atoms with Crippen molar-refractivity contribution < 1.29 is 4.79 Å². The molecule has 6 heteroatoms. The van der Waals surface area contributed by atoms with Crippen molar-refractivity contribution in [3.63, 3.8) is 0 Å². The van der Waals surface area contributed by atoms with Gasteiger partial charge in [-0.2, -0.15) is 0 Å². The summed E-state index contributed by atoms with van der Waals surface area (Å²) in [5, 5.41) is 2.89. The summed E-state index contributed by atoms with van der Waals surface area (Å²) in [5.74, 6) is 0.893. The van der Waals surface area contributed by atoms with Gasteiger partial charge in [-0.1, -0.05) is 32.4 Å². The van der Waals surface area contributed by atoms with E-state index in [-0.39, 0.29) is 24.2 Å². The van der Waals surface area contributed by atoms with Gasteiger partial charge in [-0.15, -0.1) is 12.4 Å². The summed E-state index contributed by atoms with van der Waals surface area (Å²) >= 11 is 0. The van der Waals surface area contributed by atoms with Crippen molar-refractivity contribution in [2.75, 3.05) is 0 Å². The van der Waals surface area contributed by atoms with E-state index in [2.05, 4.69) is 23.3 Å². The minimum atomic E-state index is -0.466. The van der Waals surface area contributed by atoms with Crippen molar-refractivity contribution in [1.29, 1.82) is 0 Å². The topological polar surface area (TPSA) is 72.9 Å². The number of halogens is 1. The Kier molecular flexibility index (Phi) is 6.38. The molecule has 5 nitrogen and oxygen atoms in total. The minimum absolute atomic E-state index is 0. The first kappa shape index (κ1) is 18.5. The molecule has 1 aromatic carbocycles. The van der Waals surface area contributed by atoms with Crippen LogP contribution in [0.3, 0.4) is 0 Å². The Morgan fingerprint density at radius 1 is 1.45 bits per heavy atom. The van der Waals surface area contributed by atoms with Crippen LogP contribution in [0.5, 0.6) is 0 Å². The zero-order valence-corrected chi connectivity index (χ0v) is 14.4. The number of carbonyl (C=O) groups is 1. The number of para-hydroxylation sites is 1. The summed E-state index contributed by atoms with van der Waals surface area (Å²) < 4.78 is 2.03. The average Bonchev–Trinajstić information content (AvgIpc) is 2.80. The molecule has 22 heavy (non-hydrogen) atoms. The monoisotopic (exact) mass is 324 g/mol. The molecule has 0 bridgehead atoms. The fraction of sp³-hybridized carbons (Fsp3) is 0.500. The van der Waals surface area contributed by atoms with E-state index in [4.69, 9.17) is 5.73 Å². The van der Waals surface area contributed by atoms with Crippen LogP contribution >= 0.6 is 12.4 Å². The summed E-state index contributed by atoms with van der Waals surface area (Å²) in [6.07, 6.45) is 0.889. The maximum absolute atomic E-state index is 12.0. The Labute approximate surface area is 137 Å². The maximum Gasteiger partial charge on any atom is 0.237 e. The van der Waals surface area contributed by atoms with Crippen LogP contribution in [0.25, 0.3) is 11.0 Å². The number of carbonyl (C=O) groups excluding carboxylic acids is 1. The Morgan fingerprint density at radius 3 is 2.73 bits per heavy atom. The first-order chi connectivity index (χ1) is 9.95. The Morgan fingerprint density at radius 2 is 2.14 bits per heavy atom. The van der Waals surface area contributed by atoms with Crippen LogP contribution in [0.2, 0.25) is 0 Å². The van der Waals surface area contributed by atoms with Gasteiger partial charge < -0.3 is 15.6 Å². The van der Waals surface area contributed by atoms with Gasteiger partial charge in [-0.3, -0.25) is 4.79 Å². The van der Waals surface area contributed by atoms with Crippen LogP contribution in [0, 0.1) is 12.8 Å². The quantitative estimate of drug-likeness (QED) is 0.886. The molecule has 2 unspecified atom stereocenters. The number of hydrogen-bond acceptors (Lipinski definition) is 3. The molecule has 1 amide bonds. The van der Waals surface area contributed by atoms with Gasteiger partial charge in [-0.25, -0.2) is 4.98 Å². The van der Waals surface area contributed by atoms with Gasteiger partial charge in [-0.05, 0) is 24.5 Å². The summed E-state index contributed by atoms with van der Waals surface area (Å²) in [6.45, 7) is 6.48. The number of fused-ring (bicyclic) bond motifs is 1. The van der Waals surface area contributed by atoms with E-state index < -0.39 is 6.04 Å². The minimum Gasteiger partial charge on any atom is -0.348 e. The normalized spacial score (nSPS) is 13.5. The molecule has 1 aromatic heterocycles. The van der Waals surface area contributed by atoms with Crippen LogP contribution in [0.1, 0.15) is 31.7 Å². The van der Waals surface area contributed by atoms with E-state index in [1.165, 1.54) is 5.56 Å². The molecule has 122 valence electrons. The predicted octanol–water partition coefficient (Wildman–Crippen LogP) is 2.29. The van der Waals surface area contributed by atoms with Crippen LogP contribution < -0.4 is 11.1 Å². The molecule has 0 spiro atoms. The van der Waals surface area contributed by atoms with Crippen molar-refractivity contribution in [2.45, 2.75) is 39.8 Å². The van der Waals surface area contributed by atoms with Crippen molar-refractivity contribution in [1.82, 2.24) is 14.9 Å². The molecular formula is C16H25ClN4O.